The molecule has 22 heavy (non-hydrogen) atoms. The number of aromatic nitrogens is 2. The van der Waals surface area contributed by atoms with Crippen molar-refractivity contribution in [3.8, 4) is 5.69 Å². The van der Waals surface area contributed by atoms with E-state index in [1.54, 1.807) is 16.8 Å². The molecule has 7 heteroatoms. The van der Waals surface area contributed by atoms with E-state index in [0.717, 1.165) is 22.6 Å². The molecule has 0 radical (unpaired) electrons. The van der Waals surface area contributed by atoms with Crippen molar-refractivity contribution < 1.29 is 4.79 Å². The van der Waals surface area contributed by atoms with Gasteiger partial charge in [-0.1, -0.05) is 23.2 Å². The number of hydrogen-bond acceptors (Lipinski definition) is 3. The summed E-state index contributed by atoms with van der Waals surface area (Å²) in [6.07, 6.45) is 0.267. The second-order valence-corrected chi connectivity index (χ2v) is 5.82. The van der Waals surface area contributed by atoms with E-state index < -0.39 is 0 Å². The summed E-state index contributed by atoms with van der Waals surface area (Å²) in [7, 11) is 0. The van der Waals surface area contributed by atoms with Crippen LogP contribution in [-0.2, 0) is 11.2 Å². The van der Waals surface area contributed by atoms with Crippen LogP contribution in [0.4, 0.5) is 0 Å². The third-order valence-corrected chi connectivity index (χ3v) is 3.92. The van der Waals surface area contributed by atoms with Gasteiger partial charge in [-0.15, -0.1) is 0 Å². The fraction of sp³-hybridized carbons (Fsp3) is 0.333. The number of benzene rings is 1. The minimum atomic E-state index is -0.0709. The lowest BCUT2D eigenvalue weighted by atomic mass is 10.1. The third-order valence-electron chi connectivity index (χ3n) is 3.38. The molecule has 3 N–H and O–H groups in total. The lowest BCUT2D eigenvalue weighted by Gasteiger charge is -2.08. The normalized spacial score (nSPS) is 10.8. The maximum absolute atomic E-state index is 11.9. The first-order valence-electron chi connectivity index (χ1n) is 6.91. The summed E-state index contributed by atoms with van der Waals surface area (Å²) in [6.45, 7) is 4.67. The van der Waals surface area contributed by atoms with Gasteiger partial charge < -0.3 is 11.1 Å². The Morgan fingerprint density at radius 3 is 2.73 bits per heavy atom. The number of carbonyl (C=O) groups is 1. The molecular formula is C15H18Cl2N4O. The minimum absolute atomic E-state index is 0.0709. The molecule has 1 aromatic carbocycles. The van der Waals surface area contributed by atoms with Crippen LogP contribution in [-0.4, -0.2) is 28.8 Å². The predicted octanol–water partition coefficient (Wildman–Crippen LogP) is 2.41. The molecule has 0 aliphatic rings. The second kappa shape index (κ2) is 7.13. The first-order chi connectivity index (χ1) is 10.4. The van der Waals surface area contributed by atoms with Gasteiger partial charge in [0.2, 0.25) is 5.91 Å². The Labute approximate surface area is 139 Å². The Morgan fingerprint density at radius 2 is 2.09 bits per heavy atom. The zero-order valence-electron chi connectivity index (χ0n) is 12.5. The Hall–Kier alpha value is -1.56. The molecule has 1 heterocycles. The molecule has 0 atom stereocenters. The van der Waals surface area contributed by atoms with E-state index in [2.05, 4.69) is 10.4 Å². The summed E-state index contributed by atoms with van der Waals surface area (Å²) in [5.41, 5.74) is 8.68. The highest BCUT2D eigenvalue weighted by molar-refractivity contribution is 6.35. The molecule has 0 saturated heterocycles. The lowest BCUT2D eigenvalue weighted by Crippen LogP contribution is -2.30. The monoisotopic (exact) mass is 340 g/mol. The summed E-state index contributed by atoms with van der Waals surface area (Å²) in [6, 6.07) is 5.23. The Balaban J connectivity index is 2.32. The summed E-state index contributed by atoms with van der Waals surface area (Å²) in [4.78, 5) is 11.9. The Kier molecular flexibility index (Phi) is 5.45. The summed E-state index contributed by atoms with van der Waals surface area (Å²) >= 11 is 12.2. The number of nitrogens with one attached hydrogen (secondary N) is 1. The van der Waals surface area contributed by atoms with Crippen LogP contribution >= 0.6 is 23.2 Å². The van der Waals surface area contributed by atoms with Crippen LogP contribution in [0, 0.1) is 13.8 Å². The molecule has 1 amide bonds. The summed E-state index contributed by atoms with van der Waals surface area (Å²) < 4.78 is 1.74. The van der Waals surface area contributed by atoms with E-state index in [1.165, 1.54) is 0 Å². The first-order valence-corrected chi connectivity index (χ1v) is 7.67. The van der Waals surface area contributed by atoms with Crippen LogP contribution in [0.15, 0.2) is 18.2 Å². The zero-order chi connectivity index (χ0) is 16.3. The van der Waals surface area contributed by atoms with E-state index in [9.17, 15) is 4.79 Å². The topological polar surface area (TPSA) is 72.9 Å². The van der Waals surface area contributed by atoms with Crippen LogP contribution in [0.1, 0.15) is 17.0 Å². The number of rotatable bonds is 5. The molecular weight excluding hydrogens is 323 g/mol. The molecule has 118 valence electrons. The number of carbonyl (C=O) groups excluding carboxylic acids is 1. The van der Waals surface area contributed by atoms with Crippen LogP contribution in [0.5, 0.6) is 0 Å². The van der Waals surface area contributed by atoms with Crippen molar-refractivity contribution in [2.45, 2.75) is 20.3 Å². The number of nitrogens with zero attached hydrogens (tertiary/aromatic N) is 2. The zero-order valence-corrected chi connectivity index (χ0v) is 14.0. The maximum atomic E-state index is 11.9. The molecule has 5 nitrogen and oxygen atoms in total. The van der Waals surface area contributed by atoms with Crippen molar-refractivity contribution in [3.05, 3.63) is 45.2 Å². The molecule has 0 spiro atoms. The third kappa shape index (κ3) is 3.61. The highest BCUT2D eigenvalue weighted by Crippen LogP contribution is 2.27. The van der Waals surface area contributed by atoms with Gasteiger partial charge in [0.25, 0.3) is 0 Å². The highest BCUT2D eigenvalue weighted by atomic mass is 35.5. The average Bonchev–Trinajstić information content (AvgIpc) is 2.73. The van der Waals surface area contributed by atoms with Crippen LogP contribution in [0.25, 0.3) is 5.69 Å². The Morgan fingerprint density at radius 1 is 1.36 bits per heavy atom. The number of amides is 1. The number of nitrogens with two attached hydrogens (primary N) is 1. The van der Waals surface area contributed by atoms with Gasteiger partial charge in [0.15, 0.2) is 0 Å². The highest BCUT2D eigenvalue weighted by Gasteiger charge is 2.17. The summed E-state index contributed by atoms with van der Waals surface area (Å²) in [5, 5.41) is 8.33. The second-order valence-electron chi connectivity index (χ2n) is 4.97. The van der Waals surface area contributed by atoms with Gasteiger partial charge >= 0.3 is 0 Å². The smallest absolute Gasteiger partial charge is 0.224 e. The molecule has 2 rings (SSSR count). The molecule has 0 fully saturated rings. The molecule has 0 unspecified atom stereocenters. The van der Waals surface area contributed by atoms with Gasteiger partial charge in [0.05, 0.1) is 22.8 Å². The van der Waals surface area contributed by atoms with E-state index in [-0.39, 0.29) is 12.3 Å². The van der Waals surface area contributed by atoms with Gasteiger partial charge in [-0.3, -0.25) is 4.79 Å². The van der Waals surface area contributed by atoms with E-state index in [0.29, 0.717) is 23.1 Å². The molecule has 0 aliphatic heterocycles. The molecule has 1 aromatic heterocycles. The minimum Gasteiger partial charge on any atom is -0.355 e. The van der Waals surface area contributed by atoms with Crippen molar-refractivity contribution in [2.75, 3.05) is 13.1 Å². The number of aryl methyl sites for hydroxylation is 1. The molecule has 0 aliphatic carbocycles. The molecule has 0 saturated carbocycles. The van der Waals surface area contributed by atoms with Gasteiger partial charge in [0, 0.05) is 29.4 Å². The fourth-order valence-corrected chi connectivity index (χ4v) is 2.74. The van der Waals surface area contributed by atoms with Crippen LogP contribution < -0.4 is 11.1 Å². The summed E-state index contributed by atoms with van der Waals surface area (Å²) in [5.74, 6) is -0.0709. The average molecular weight is 341 g/mol. The van der Waals surface area contributed by atoms with Crippen LogP contribution in [0.2, 0.25) is 10.0 Å². The van der Waals surface area contributed by atoms with Crippen molar-refractivity contribution in [1.29, 1.82) is 0 Å². The van der Waals surface area contributed by atoms with Gasteiger partial charge in [0.1, 0.15) is 0 Å². The standard InChI is InChI=1S/C15H18Cl2N4O/c1-9-12(8-15(22)19-6-5-18)10(2)21(20-9)14-4-3-11(16)7-13(14)17/h3-4,7H,5-6,8,18H2,1-2H3,(H,19,22). The van der Waals surface area contributed by atoms with E-state index in [4.69, 9.17) is 28.9 Å². The molecule has 0 bridgehead atoms. The van der Waals surface area contributed by atoms with E-state index in [1.807, 2.05) is 19.9 Å². The Bertz CT molecular complexity index is 697. The fourth-order valence-electron chi connectivity index (χ4n) is 2.25. The number of hydrogen-bond donors (Lipinski definition) is 2. The van der Waals surface area contributed by atoms with Crippen molar-refractivity contribution >= 4 is 29.1 Å². The molecule has 2 aromatic rings. The largest absolute Gasteiger partial charge is 0.355 e. The van der Waals surface area contributed by atoms with Gasteiger partial charge in [-0.2, -0.15) is 5.10 Å². The van der Waals surface area contributed by atoms with Crippen molar-refractivity contribution in [1.82, 2.24) is 15.1 Å². The van der Waals surface area contributed by atoms with E-state index >= 15 is 0 Å². The van der Waals surface area contributed by atoms with Crippen molar-refractivity contribution in [3.63, 3.8) is 0 Å². The predicted molar refractivity (Wildman–Crippen MR) is 88.8 cm³/mol. The van der Waals surface area contributed by atoms with Gasteiger partial charge in [-0.05, 0) is 32.0 Å². The first kappa shape index (κ1) is 16.8. The van der Waals surface area contributed by atoms with Crippen LogP contribution in [0.3, 0.4) is 0 Å². The number of halogens is 2. The SMILES string of the molecule is Cc1nn(-c2ccc(Cl)cc2Cl)c(C)c1CC(=O)NCCN. The van der Waals surface area contributed by atoms with Gasteiger partial charge in [-0.25, -0.2) is 4.68 Å². The lowest BCUT2D eigenvalue weighted by molar-refractivity contribution is -0.120. The quantitative estimate of drug-likeness (QED) is 0.877. The maximum Gasteiger partial charge on any atom is 0.224 e. The van der Waals surface area contributed by atoms with Crippen molar-refractivity contribution in [2.24, 2.45) is 5.73 Å².